The lowest BCUT2D eigenvalue weighted by atomic mass is 10.1. The summed E-state index contributed by atoms with van der Waals surface area (Å²) in [7, 11) is 0. The Labute approximate surface area is 106 Å². The van der Waals surface area contributed by atoms with Gasteiger partial charge in [0.2, 0.25) is 5.91 Å². The molecule has 1 aliphatic rings. The Morgan fingerprint density at radius 3 is 3.00 bits per heavy atom. The van der Waals surface area contributed by atoms with Crippen molar-refractivity contribution in [1.29, 1.82) is 0 Å². The number of carbonyl (C=O) groups excluding carboxylic acids is 2. The van der Waals surface area contributed by atoms with E-state index in [0.717, 1.165) is 17.7 Å². The fourth-order valence-corrected chi connectivity index (χ4v) is 2.06. The summed E-state index contributed by atoms with van der Waals surface area (Å²) in [6.45, 7) is 4.77. The van der Waals surface area contributed by atoms with Gasteiger partial charge in [0.1, 0.15) is 0 Å². The molecule has 0 radical (unpaired) electrons. The number of amides is 3. The predicted octanol–water partition coefficient (Wildman–Crippen LogP) is 1.33. The van der Waals surface area contributed by atoms with E-state index in [1.807, 2.05) is 19.1 Å². The van der Waals surface area contributed by atoms with E-state index in [9.17, 15) is 9.59 Å². The smallest absolute Gasteiger partial charge is 0.318 e. The van der Waals surface area contributed by atoms with Crippen LogP contribution in [0.15, 0.2) is 18.3 Å². The summed E-state index contributed by atoms with van der Waals surface area (Å²) in [6, 6.07) is 3.58. The van der Waals surface area contributed by atoms with Crippen LogP contribution in [0.3, 0.4) is 0 Å². The molecule has 0 bridgehead atoms. The molecule has 2 heterocycles. The van der Waals surface area contributed by atoms with Gasteiger partial charge in [0.15, 0.2) is 0 Å². The topological polar surface area (TPSA) is 62.3 Å². The van der Waals surface area contributed by atoms with E-state index in [-0.39, 0.29) is 17.9 Å². The molecule has 1 aliphatic heterocycles. The molecule has 1 saturated heterocycles. The normalized spacial score (nSPS) is 19.9. The van der Waals surface area contributed by atoms with Gasteiger partial charge in [-0.2, -0.15) is 0 Å². The number of carbonyl (C=O) groups is 2. The third-order valence-corrected chi connectivity index (χ3v) is 3.17. The third-order valence-electron chi connectivity index (χ3n) is 3.17. The first-order valence-corrected chi connectivity index (χ1v) is 6.14. The standard InChI is InChI=1S/C13H17N3O2/c1-3-10-5-4-6-14-11(10)8-16-7-9(2)12(17)15-13(16)18/h4-6,9H,3,7-8H2,1-2H3,(H,15,17,18). The van der Waals surface area contributed by atoms with Crippen molar-refractivity contribution in [3.05, 3.63) is 29.6 Å². The van der Waals surface area contributed by atoms with Crippen LogP contribution in [0.4, 0.5) is 4.79 Å². The average Bonchev–Trinajstić information content (AvgIpc) is 2.36. The molecule has 1 aromatic heterocycles. The Bertz CT molecular complexity index is 473. The number of urea groups is 1. The number of aromatic nitrogens is 1. The molecule has 96 valence electrons. The van der Waals surface area contributed by atoms with Crippen LogP contribution in [0.25, 0.3) is 0 Å². The molecular formula is C13H17N3O2. The summed E-state index contributed by atoms with van der Waals surface area (Å²) in [6.07, 6.45) is 2.61. The molecule has 5 heteroatoms. The van der Waals surface area contributed by atoms with Crippen LogP contribution in [-0.2, 0) is 17.8 Å². The highest BCUT2D eigenvalue weighted by Gasteiger charge is 2.29. The van der Waals surface area contributed by atoms with Crippen LogP contribution in [0, 0.1) is 5.92 Å². The van der Waals surface area contributed by atoms with Gasteiger partial charge in [0.25, 0.3) is 0 Å². The molecule has 5 nitrogen and oxygen atoms in total. The zero-order valence-corrected chi connectivity index (χ0v) is 10.6. The molecule has 0 spiro atoms. The molecule has 3 amide bonds. The summed E-state index contributed by atoms with van der Waals surface area (Å²) in [5, 5.41) is 2.36. The SMILES string of the molecule is CCc1cccnc1CN1CC(C)C(=O)NC1=O. The molecule has 1 unspecified atom stereocenters. The number of hydrogen-bond acceptors (Lipinski definition) is 3. The number of pyridine rings is 1. The van der Waals surface area contributed by atoms with E-state index >= 15 is 0 Å². The van der Waals surface area contributed by atoms with Crippen molar-refractivity contribution in [2.24, 2.45) is 5.92 Å². The minimum absolute atomic E-state index is 0.170. The number of nitrogens with zero attached hydrogens (tertiary/aromatic N) is 2. The second-order valence-electron chi connectivity index (χ2n) is 4.54. The summed E-state index contributed by atoms with van der Waals surface area (Å²) in [5.41, 5.74) is 2.03. The van der Waals surface area contributed by atoms with E-state index in [4.69, 9.17) is 0 Å². The first-order valence-electron chi connectivity index (χ1n) is 6.14. The highest BCUT2D eigenvalue weighted by Crippen LogP contribution is 2.14. The summed E-state index contributed by atoms with van der Waals surface area (Å²) < 4.78 is 0. The monoisotopic (exact) mass is 247 g/mol. The predicted molar refractivity (Wildman–Crippen MR) is 66.7 cm³/mol. The maximum Gasteiger partial charge on any atom is 0.324 e. The number of imide groups is 1. The zero-order chi connectivity index (χ0) is 13.1. The minimum Gasteiger partial charge on any atom is -0.318 e. The van der Waals surface area contributed by atoms with Crippen LogP contribution in [0.2, 0.25) is 0 Å². The molecule has 0 aromatic carbocycles. The van der Waals surface area contributed by atoms with Gasteiger partial charge < -0.3 is 4.90 Å². The van der Waals surface area contributed by atoms with Crippen molar-refractivity contribution in [2.45, 2.75) is 26.8 Å². The number of rotatable bonds is 3. The van der Waals surface area contributed by atoms with E-state index in [2.05, 4.69) is 17.2 Å². The van der Waals surface area contributed by atoms with E-state index in [0.29, 0.717) is 13.1 Å². The number of aryl methyl sites for hydroxylation is 1. The van der Waals surface area contributed by atoms with Gasteiger partial charge >= 0.3 is 6.03 Å². The Morgan fingerprint density at radius 2 is 2.28 bits per heavy atom. The van der Waals surface area contributed by atoms with Gasteiger partial charge in [0.05, 0.1) is 18.2 Å². The van der Waals surface area contributed by atoms with Crippen molar-refractivity contribution >= 4 is 11.9 Å². The molecule has 2 rings (SSSR count). The molecule has 1 fully saturated rings. The molecule has 1 atom stereocenters. The van der Waals surface area contributed by atoms with Crippen molar-refractivity contribution < 1.29 is 9.59 Å². The molecule has 0 aliphatic carbocycles. The lowest BCUT2D eigenvalue weighted by Gasteiger charge is -2.30. The summed E-state index contributed by atoms with van der Waals surface area (Å²) in [4.78, 5) is 29.0. The molecule has 18 heavy (non-hydrogen) atoms. The van der Waals surface area contributed by atoms with Crippen LogP contribution in [0.1, 0.15) is 25.1 Å². The second-order valence-corrected chi connectivity index (χ2v) is 4.54. The quantitative estimate of drug-likeness (QED) is 0.876. The van der Waals surface area contributed by atoms with Crippen molar-refractivity contribution in [2.75, 3.05) is 6.54 Å². The zero-order valence-electron chi connectivity index (χ0n) is 10.6. The molecule has 1 N–H and O–H groups in total. The first-order chi connectivity index (χ1) is 8.61. The third kappa shape index (κ3) is 2.50. The Hall–Kier alpha value is -1.91. The van der Waals surface area contributed by atoms with E-state index in [1.54, 1.807) is 11.1 Å². The van der Waals surface area contributed by atoms with Crippen molar-refractivity contribution in [3.8, 4) is 0 Å². The van der Waals surface area contributed by atoms with Crippen LogP contribution in [0.5, 0.6) is 0 Å². The second kappa shape index (κ2) is 5.16. The largest absolute Gasteiger partial charge is 0.324 e. The Balaban J connectivity index is 2.13. The van der Waals surface area contributed by atoms with Gasteiger partial charge in [-0.25, -0.2) is 4.79 Å². The first kappa shape index (κ1) is 12.5. The van der Waals surface area contributed by atoms with E-state index < -0.39 is 0 Å². The fourth-order valence-electron chi connectivity index (χ4n) is 2.06. The van der Waals surface area contributed by atoms with Gasteiger partial charge in [-0.1, -0.05) is 19.9 Å². The van der Waals surface area contributed by atoms with Crippen LogP contribution >= 0.6 is 0 Å². The van der Waals surface area contributed by atoms with Gasteiger partial charge in [-0.3, -0.25) is 15.1 Å². The molecule has 1 aromatic rings. The lowest BCUT2D eigenvalue weighted by molar-refractivity contribution is -0.125. The van der Waals surface area contributed by atoms with Crippen molar-refractivity contribution in [1.82, 2.24) is 15.2 Å². The minimum atomic E-state index is -0.328. The lowest BCUT2D eigenvalue weighted by Crippen LogP contribution is -2.53. The summed E-state index contributed by atoms with van der Waals surface area (Å²) >= 11 is 0. The van der Waals surface area contributed by atoms with Crippen LogP contribution < -0.4 is 5.32 Å². The average molecular weight is 247 g/mol. The van der Waals surface area contributed by atoms with Crippen molar-refractivity contribution in [3.63, 3.8) is 0 Å². The van der Waals surface area contributed by atoms with Gasteiger partial charge in [-0.15, -0.1) is 0 Å². The van der Waals surface area contributed by atoms with Crippen LogP contribution in [-0.4, -0.2) is 28.4 Å². The fraction of sp³-hybridized carbons (Fsp3) is 0.462. The molecular weight excluding hydrogens is 230 g/mol. The highest BCUT2D eigenvalue weighted by molar-refractivity contribution is 5.97. The maximum absolute atomic E-state index is 11.7. The molecule has 0 saturated carbocycles. The Kier molecular flexibility index (Phi) is 3.60. The summed E-state index contributed by atoms with van der Waals surface area (Å²) in [5.74, 6) is -0.371. The highest BCUT2D eigenvalue weighted by atomic mass is 16.2. The number of hydrogen-bond donors (Lipinski definition) is 1. The van der Waals surface area contributed by atoms with Gasteiger partial charge in [-0.05, 0) is 18.1 Å². The maximum atomic E-state index is 11.7. The van der Waals surface area contributed by atoms with Gasteiger partial charge in [0, 0.05) is 12.7 Å². The van der Waals surface area contributed by atoms with E-state index in [1.165, 1.54) is 0 Å². The Morgan fingerprint density at radius 1 is 1.50 bits per heavy atom. The number of nitrogens with one attached hydrogen (secondary N) is 1.